The first kappa shape index (κ1) is 15.1. The molecule has 1 aromatic heterocycles. The van der Waals surface area contributed by atoms with Crippen molar-refractivity contribution >= 4 is 28.3 Å². The summed E-state index contributed by atoms with van der Waals surface area (Å²) in [6.45, 7) is 3.41. The van der Waals surface area contributed by atoms with Gasteiger partial charge in [0.05, 0.1) is 16.6 Å². The number of amides is 1. The third-order valence-corrected chi connectivity index (χ3v) is 4.90. The maximum atomic E-state index is 14.7. The van der Waals surface area contributed by atoms with E-state index >= 15 is 0 Å². The van der Waals surface area contributed by atoms with E-state index in [1.807, 2.05) is 16.8 Å². The lowest BCUT2D eigenvalue weighted by atomic mass is 10.1. The summed E-state index contributed by atoms with van der Waals surface area (Å²) < 4.78 is 16.1. The lowest BCUT2D eigenvalue weighted by Gasteiger charge is -2.38. The van der Waals surface area contributed by atoms with Crippen molar-refractivity contribution in [3.05, 3.63) is 27.9 Å². The number of fused-ring (bicyclic) bond motifs is 2. The van der Waals surface area contributed by atoms with Crippen LogP contribution in [0.3, 0.4) is 0 Å². The maximum absolute atomic E-state index is 14.7. The number of carbonyl (C=O) groups is 1. The molecule has 126 valence electrons. The Morgan fingerprint density at radius 3 is 2.79 bits per heavy atom. The van der Waals surface area contributed by atoms with Crippen molar-refractivity contribution in [3.8, 4) is 0 Å². The quantitative estimate of drug-likeness (QED) is 0.759. The van der Waals surface area contributed by atoms with Crippen LogP contribution in [0.2, 0.25) is 0 Å². The molecule has 24 heavy (non-hydrogen) atoms. The number of rotatable bonds is 0. The maximum Gasteiger partial charge on any atom is 0.349 e. The summed E-state index contributed by atoms with van der Waals surface area (Å²) in [4.78, 5) is 33.0. The van der Waals surface area contributed by atoms with Gasteiger partial charge in [-0.05, 0) is 25.6 Å². The van der Waals surface area contributed by atoms with Crippen molar-refractivity contribution in [1.29, 1.82) is 0 Å². The zero-order valence-electron chi connectivity index (χ0n) is 13.8. The average molecular weight is 331 g/mol. The number of likely N-dealkylation sites (N-methyl/N-ethyl adjacent to an activating group) is 1. The van der Waals surface area contributed by atoms with E-state index in [1.165, 1.54) is 4.57 Å². The highest BCUT2D eigenvalue weighted by atomic mass is 19.1. The minimum absolute atomic E-state index is 0.116. The second kappa shape index (κ2) is 5.01. The van der Waals surface area contributed by atoms with E-state index in [0.717, 1.165) is 6.54 Å². The Labute approximate surface area is 137 Å². The van der Waals surface area contributed by atoms with Crippen molar-refractivity contribution in [2.24, 2.45) is 7.05 Å². The number of nitrogens with zero attached hydrogens (tertiary/aromatic N) is 4. The molecule has 0 saturated carbocycles. The van der Waals surface area contributed by atoms with Gasteiger partial charge in [0.2, 0.25) is 5.91 Å². The Morgan fingerprint density at radius 2 is 2.04 bits per heavy atom. The molecule has 2 aliphatic heterocycles. The number of aromatic nitrogens is 2. The smallest absolute Gasteiger partial charge is 0.341 e. The number of piperazine rings is 1. The lowest BCUT2D eigenvalue weighted by molar-refractivity contribution is -0.118. The van der Waals surface area contributed by atoms with Gasteiger partial charge in [-0.2, -0.15) is 4.98 Å². The van der Waals surface area contributed by atoms with E-state index in [0.29, 0.717) is 35.4 Å². The number of nitrogens with one attached hydrogen (secondary N) is 1. The minimum Gasteiger partial charge on any atom is -0.341 e. The van der Waals surface area contributed by atoms with Crippen LogP contribution >= 0.6 is 0 Å². The standard InChI is InChI=1S/C16H18FN5O2/c1-8-6-9-11-13(12(8)17)18-15(23)10-7-20(2)4-5-22(10)14(11)19-16(24)21(9)3/h6,10H,4-5,7H2,1-3H3,(H,18,23). The number of benzene rings is 1. The topological polar surface area (TPSA) is 70.5 Å². The molecule has 1 N–H and O–H groups in total. The van der Waals surface area contributed by atoms with Gasteiger partial charge in [-0.15, -0.1) is 0 Å². The summed E-state index contributed by atoms with van der Waals surface area (Å²) in [6, 6.07) is 1.13. The van der Waals surface area contributed by atoms with Gasteiger partial charge in [0.15, 0.2) is 5.82 Å². The highest BCUT2D eigenvalue weighted by Crippen LogP contribution is 2.37. The average Bonchev–Trinajstić information content (AvgIpc) is 2.66. The largest absolute Gasteiger partial charge is 0.349 e. The van der Waals surface area contributed by atoms with Crippen LogP contribution in [0, 0.1) is 12.7 Å². The number of anilines is 2. The summed E-state index contributed by atoms with van der Waals surface area (Å²) in [5.41, 5.74) is 0.646. The molecule has 8 heteroatoms. The van der Waals surface area contributed by atoms with Crippen molar-refractivity contribution in [2.75, 3.05) is 36.9 Å². The van der Waals surface area contributed by atoms with Gasteiger partial charge >= 0.3 is 5.69 Å². The van der Waals surface area contributed by atoms with E-state index in [-0.39, 0.29) is 11.6 Å². The summed E-state index contributed by atoms with van der Waals surface area (Å²) in [6.07, 6.45) is 0. The van der Waals surface area contributed by atoms with E-state index in [2.05, 4.69) is 10.3 Å². The molecule has 0 aliphatic carbocycles. The highest BCUT2D eigenvalue weighted by molar-refractivity contribution is 6.11. The zero-order valence-corrected chi connectivity index (χ0v) is 13.8. The predicted molar refractivity (Wildman–Crippen MR) is 88.9 cm³/mol. The van der Waals surface area contributed by atoms with Crippen molar-refractivity contribution in [3.63, 3.8) is 0 Å². The molecule has 0 bridgehead atoms. The van der Waals surface area contributed by atoms with Crippen LogP contribution in [0.5, 0.6) is 0 Å². The van der Waals surface area contributed by atoms with Crippen LogP contribution in [-0.4, -0.2) is 53.1 Å². The van der Waals surface area contributed by atoms with Gasteiger partial charge in [0.1, 0.15) is 11.9 Å². The molecular formula is C16H18FN5O2. The molecule has 1 aromatic carbocycles. The molecule has 1 fully saturated rings. The van der Waals surface area contributed by atoms with Gasteiger partial charge in [-0.3, -0.25) is 9.36 Å². The van der Waals surface area contributed by atoms with Crippen molar-refractivity contribution in [1.82, 2.24) is 14.5 Å². The third-order valence-electron chi connectivity index (χ3n) is 4.90. The van der Waals surface area contributed by atoms with E-state index in [4.69, 9.17) is 0 Å². The van der Waals surface area contributed by atoms with Crippen LogP contribution in [0.15, 0.2) is 10.9 Å². The molecule has 7 nitrogen and oxygen atoms in total. The summed E-state index contributed by atoms with van der Waals surface area (Å²) in [5, 5.41) is 3.21. The molecule has 3 heterocycles. The van der Waals surface area contributed by atoms with Crippen LogP contribution in [-0.2, 0) is 11.8 Å². The number of hydrogen-bond acceptors (Lipinski definition) is 5. The fourth-order valence-corrected chi connectivity index (χ4v) is 3.52. The lowest BCUT2D eigenvalue weighted by Crippen LogP contribution is -2.56. The third kappa shape index (κ3) is 1.96. The summed E-state index contributed by atoms with van der Waals surface area (Å²) in [7, 11) is 3.53. The Hall–Kier alpha value is -2.48. The summed E-state index contributed by atoms with van der Waals surface area (Å²) >= 11 is 0. The fraction of sp³-hybridized carbons (Fsp3) is 0.438. The Balaban J connectivity index is 2.10. The zero-order chi connectivity index (χ0) is 17.2. The number of halogens is 1. The molecule has 1 atom stereocenters. The molecule has 1 amide bonds. The fourth-order valence-electron chi connectivity index (χ4n) is 3.52. The molecule has 4 rings (SSSR count). The van der Waals surface area contributed by atoms with Gasteiger partial charge in [-0.1, -0.05) is 0 Å². The molecule has 2 aliphatic rings. The molecule has 0 spiro atoms. The Kier molecular flexibility index (Phi) is 3.14. The summed E-state index contributed by atoms with van der Waals surface area (Å²) in [5.74, 6) is -0.371. The van der Waals surface area contributed by atoms with Gasteiger partial charge in [0.25, 0.3) is 0 Å². The first-order chi connectivity index (χ1) is 11.4. The second-order valence-corrected chi connectivity index (χ2v) is 6.51. The first-order valence-corrected chi connectivity index (χ1v) is 7.84. The number of hydrogen-bond donors (Lipinski definition) is 1. The highest BCUT2D eigenvalue weighted by Gasteiger charge is 2.37. The van der Waals surface area contributed by atoms with E-state index in [1.54, 1.807) is 20.0 Å². The number of aryl methyl sites for hydroxylation is 2. The van der Waals surface area contributed by atoms with E-state index < -0.39 is 17.5 Å². The van der Waals surface area contributed by atoms with Crippen molar-refractivity contribution in [2.45, 2.75) is 13.0 Å². The molecule has 2 aromatic rings. The minimum atomic E-state index is -0.501. The molecule has 0 radical (unpaired) electrons. The first-order valence-electron chi connectivity index (χ1n) is 7.84. The van der Waals surface area contributed by atoms with Crippen LogP contribution in [0.4, 0.5) is 15.9 Å². The van der Waals surface area contributed by atoms with E-state index in [9.17, 15) is 14.0 Å². The van der Waals surface area contributed by atoms with Gasteiger partial charge < -0.3 is 15.1 Å². The Morgan fingerprint density at radius 1 is 1.29 bits per heavy atom. The molecule has 1 unspecified atom stereocenters. The molecular weight excluding hydrogens is 313 g/mol. The van der Waals surface area contributed by atoms with Crippen LogP contribution in [0.25, 0.3) is 10.9 Å². The second-order valence-electron chi connectivity index (χ2n) is 6.51. The van der Waals surface area contributed by atoms with Gasteiger partial charge in [-0.25, -0.2) is 9.18 Å². The van der Waals surface area contributed by atoms with Gasteiger partial charge in [0, 0.05) is 26.7 Å². The predicted octanol–water partition coefficient (Wildman–Crippen LogP) is 0.454. The van der Waals surface area contributed by atoms with Crippen LogP contribution < -0.4 is 15.9 Å². The Bertz CT molecular complexity index is 938. The number of carbonyl (C=O) groups excluding carboxylic acids is 1. The molecule has 1 saturated heterocycles. The normalized spacial score (nSPS) is 20.8. The van der Waals surface area contributed by atoms with Crippen LogP contribution in [0.1, 0.15) is 5.56 Å². The van der Waals surface area contributed by atoms with Crippen molar-refractivity contribution < 1.29 is 9.18 Å². The SMILES string of the molecule is Cc1cc2c3c(nc(=O)n2C)N2CCN(C)CC2C(=O)Nc3c1F. The monoisotopic (exact) mass is 331 g/mol.